The first-order valence-electron chi connectivity index (χ1n) is 12.4. The van der Waals surface area contributed by atoms with Crippen molar-refractivity contribution in [1.82, 2.24) is 19.9 Å². The van der Waals surface area contributed by atoms with Crippen LogP contribution in [-0.2, 0) is 38.9 Å². The van der Waals surface area contributed by atoms with Gasteiger partial charge < -0.3 is 20.4 Å². The van der Waals surface area contributed by atoms with Crippen LogP contribution >= 0.6 is 0 Å². The Balaban J connectivity index is 0.000000267. The fourth-order valence-corrected chi connectivity index (χ4v) is 4.39. The van der Waals surface area contributed by atoms with Gasteiger partial charge in [0, 0.05) is 36.2 Å². The van der Waals surface area contributed by atoms with Gasteiger partial charge in [-0.25, -0.2) is 0 Å². The van der Waals surface area contributed by atoms with Crippen molar-refractivity contribution in [3.05, 3.63) is 120 Å². The van der Waals surface area contributed by atoms with Crippen molar-refractivity contribution in [3.8, 4) is 0 Å². The SMILES string of the molecule is C[C@](O)(C[C@@](C)([O-])c1ccccn1)c1ccccn1.C[C@]([O-])(C[C@@](C)(O)c1ccccn1)c1ccccn1.[Ni+2]. The first-order chi connectivity index (χ1) is 17.8. The van der Waals surface area contributed by atoms with Crippen LogP contribution in [0.25, 0.3) is 0 Å². The molecule has 4 atom stereocenters. The summed E-state index contributed by atoms with van der Waals surface area (Å²) in [6, 6.07) is 21.0. The summed E-state index contributed by atoms with van der Waals surface area (Å²) in [5.74, 6) is 0. The smallest absolute Gasteiger partial charge is 0.845 e. The van der Waals surface area contributed by atoms with Crippen LogP contribution in [0.4, 0.5) is 0 Å². The van der Waals surface area contributed by atoms with Crippen molar-refractivity contribution in [2.24, 2.45) is 0 Å². The number of pyridine rings is 4. The van der Waals surface area contributed by atoms with Gasteiger partial charge in [-0.3, -0.25) is 19.9 Å². The molecule has 4 rings (SSSR count). The minimum absolute atomic E-state index is 0. The molecule has 39 heavy (non-hydrogen) atoms. The van der Waals surface area contributed by atoms with E-state index in [1.54, 1.807) is 111 Å². The first kappa shape index (κ1) is 32.1. The van der Waals surface area contributed by atoms with E-state index in [9.17, 15) is 20.4 Å². The predicted molar refractivity (Wildman–Crippen MR) is 140 cm³/mol. The fourth-order valence-electron chi connectivity index (χ4n) is 4.39. The zero-order valence-electron chi connectivity index (χ0n) is 22.5. The van der Waals surface area contributed by atoms with E-state index in [1.807, 2.05) is 0 Å². The molecule has 0 radical (unpaired) electrons. The van der Waals surface area contributed by atoms with E-state index in [0.717, 1.165) is 0 Å². The van der Waals surface area contributed by atoms with Gasteiger partial charge in [-0.05, 0) is 75.2 Å². The van der Waals surface area contributed by atoms with E-state index in [4.69, 9.17) is 0 Å². The molecular formula is C30H34N4NiO4. The number of nitrogens with zero attached hydrogens (tertiary/aromatic N) is 4. The molecule has 9 heteroatoms. The molecule has 4 aromatic rings. The van der Waals surface area contributed by atoms with Gasteiger partial charge in [0.25, 0.3) is 0 Å². The molecule has 2 N–H and O–H groups in total. The van der Waals surface area contributed by atoms with Gasteiger partial charge in [0.1, 0.15) is 11.2 Å². The van der Waals surface area contributed by atoms with Gasteiger partial charge in [0.15, 0.2) is 0 Å². The summed E-state index contributed by atoms with van der Waals surface area (Å²) in [5.41, 5.74) is -3.67. The standard InChI is InChI=1S/2C15H17N2O2.Ni/c2*1-14(18,12-7-3-5-9-16-12)11-15(2,19)13-8-4-6-10-17-13;/h2*3-10,18H,11H2,1-2H3;/q2*-1;+2/t2*14-,15+;/m10./s1. The van der Waals surface area contributed by atoms with Crippen molar-refractivity contribution in [1.29, 1.82) is 0 Å². The first-order valence-corrected chi connectivity index (χ1v) is 12.4. The average molecular weight is 573 g/mol. The van der Waals surface area contributed by atoms with Crippen molar-refractivity contribution in [2.75, 3.05) is 0 Å². The third-order valence-electron chi connectivity index (χ3n) is 6.21. The molecule has 0 aliphatic heterocycles. The maximum Gasteiger partial charge on any atom is 2.00 e. The fraction of sp³-hybridized carbons (Fsp3) is 0.333. The molecule has 0 unspecified atom stereocenters. The summed E-state index contributed by atoms with van der Waals surface area (Å²) in [4.78, 5) is 16.4. The number of hydrogen-bond donors (Lipinski definition) is 2. The predicted octanol–water partition coefficient (Wildman–Crippen LogP) is 2.70. The molecule has 0 spiro atoms. The molecule has 0 saturated heterocycles. The van der Waals surface area contributed by atoms with Crippen molar-refractivity contribution >= 4 is 0 Å². The summed E-state index contributed by atoms with van der Waals surface area (Å²) in [7, 11) is 0. The molecule has 0 aromatic carbocycles. The molecule has 0 fully saturated rings. The van der Waals surface area contributed by atoms with Crippen LogP contribution in [0, 0.1) is 0 Å². The van der Waals surface area contributed by atoms with Crippen LogP contribution in [0.5, 0.6) is 0 Å². The molecule has 0 amide bonds. The van der Waals surface area contributed by atoms with Gasteiger partial charge in [-0.1, -0.05) is 49.3 Å². The van der Waals surface area contributed by atoms with Gasteiger partial charge in [-0.2, -0.15) is 0 Å². The second-order valence-corrected chi connectivity index (χ2v) is 10.2. The molecule has 208 valence electrons. The topological polar surface area (TPSA) is 138 Å². The molecule has 0 bridgehead atoms. The minimum atomic E-state index is -1.47. The summed E-state index contributed by atoms with van der Waals surface area (Å²) >= 11 is 0. The summed E-state index contributed by atoms with van der Waals surface area (Å²) in [6.45, 7) is 6.28. The molecule has 0 aliphatic rings. The van der Waals surface area contributed by atoms with Crippen molar-refractivity contribution in [2.45, 2.75) is 62.9 Å². The van der Waals surface area contributed by atoms with Crippen LogP contribution in [0.1, 0.15) is 63.3 Å². The van der Waals surface area contributed by atoms with Crippen LogP contribution in [0.3, 0.4) is 0 Å². The van der Waals surface area contributed by atoms with Gasteiger partial charge >= 0.3 is 16.5 Å². The number of aromatic nitrogens is 4. The Hall–Kier alpha value is -3.07. The van der Waals surface area contributed by atoms with Crippen molar-refractivity contribution in [3.63, 3.8) is 0 Å². The molecule has 4 aromatic heterocycles. The zero-order valence-corrected chi connectivity index (χ0v) is 23.5. The minimum Gasteiger partial charge on any atom is -0.845 e. The third-order valence-corrected chi connectivity index (χ3v) is 6.21. The second kappa shape index (κ2) is 13.3. The van der Waals surface area contributed by atoms with E-state index in [-0.39, 0.29) is 29.3 Å². The Bertz CT molecular complexity index is 1060. The molecule has 4 heterocycles. The Morgan fingerprint density at radius 3 is 1.00 bits per heavy atom. The summed E-state index contributed by atoms with van der Waals surface area (Å²) in [5, 5.41) is 46.3. The van der Waals surface area contributed by atoms with E-state index in [1.165, 1.54) is 13.8 Å². The maximum atomic E-state index is 12.6. The quantitative estimate of drug-likeness (QED) is 0.307. The maximum absolute atomic E-state index is 12.6. The summed E-state index contributed by atoms with van der Waals surface area (Å²) < 4.78 is 0. The van der Waals surface area contributed by atoms with Gasteiger partial charge in [-0.15, -0.1) is 0 Å². The molecular weight excluding hydrogens is 539 g/mol. The zero-order chi connectivity index (χ0) is 27.9. The summed E-state index contributed by atoms with van der Waals surface area (Å²) in [6.07, 6.45) is 6.39. The molecule has 0 aliphatic carbocycles. The van der Waals surface area contributed by atoms with Crippen LogP contribution in [0.15, 0.2) is 97.6 Å². The van der Waals surface area contributed by atoms with Crippen LogP contribution < -0.4 is 10.2 Å². The van der Waals surface area contributed by atoms with Crippen molar-refractivity contribution < 1.29 is 36.9 Å². The third kappa shape index (κ3) is 8.99. The number of hydrogen-bond acceptors (Lipinski definition) is 8. The monoisotopic (exact) mass is 572 g/mol. The Kier molecular flexibility index (Phi) is 11.0. The van der Waals surface area contributed by atoms with Crippen LogP contribution in [-0.4, -0.2) is 30.1 Å². The van der Waals surface area contributed by atoms with E-state index >= 15 is 0 Å². The molecule has 8 nitrogen and oxygen atoms in total. The number of aliphatic hydroxyl groups is 2. The van der Waals surface area contributed by atoms with E-state index < -0.39 is 22.4 Å². The Morgan fingerprint density at radius 1 is 0.513 bits per heavy atom. The van der Waals surface area contributed by atoms with Crippen LogP contribution in [0.2, 0.25) is 0 Å². The Labute approximate surface area is 239 Å². The molecule has 0 saturated carbocycles. The normalized spacial score (nSPS) is 17.0. The Morgan fingerprint density at radius 2 is 0.769 bits per heavy atom. The van der Waals surface area contributed by atoms with E-state index in [0.29, 0.717) is 22.8 Å². The van der Waals surface area contributed by atoms with E-state index in [2.05, 4.69) is 19.9 Å². The second-order valence-electron chi connectivity index (χ2n) is 10.2. The average Bonchev–Trinajstić information content (AvgIpc) is 2.90. The largest absolute Gasteiger partial charge is 2.00 e. The van der Waals surface area contributed by atoms with Gasteiger partial charge in [0.05, 0.1) is 11.4 Å². The number of rotatable bonds is 8. The van der Waals surface area contributed by atoms with Gasteiger partial charge in [0.2, 0.25) is 0 Å².